The van der Waals surface area contributed by atoms with Crippen LogP contribution in [0.1, 0.15) is 49.9 Å². The molecule has 1 unspecified atom stereocenters. The van der Waals surface area contributed by atoms with Crippen molar-refractivity contribution in [3.63, 3.8) is 0 Å². The Morgan fingerprint density at radius 2 is 2.06 bits per heavy atom. The van der Waals surface area contributed by atoms with Crippen LogP contribution in [0.3, 0.4) is 0 Å². The molecule has 0 bridgehead atoms. The van der Waals surface area contributed by atoms with Crippen molar-refractivity contribution in [3.05, 3.63) is 34.3 Å². The number of aldehydes is 1. The van der Waals surface area contributed by atoms with E-state index < -0.39 is 0 Å². The molecule has 0 aliphatic heterocycles. The normalized spacial score (nSPS) is 13.3. The molecule has 0 heterocycles. The maximum absolute atomic E-state index is 10.8. The molecule has 0 spiro atoms. The second-order valence-electron chi connectivity index (χ2n) is 5.37. The summed E-state index contributed by atoms with van der Waals surface area (Å²) in [5.74, 6) is 0. The van der Waals surface area contributed by atoms with E-state index in [1.165, 1.54) is 5.56 Å². The van der Waals surface area contributed by atoms with E-state index in [2.05, 4.69) is 50.1 Å². The summed E-state index contributed by atoms with van der Waals surface area (Å²) in [7, 11) is 0. The molecule has 1 nitrogen and oxygen atoms in total. The van der Waals surface area contributed by atoms with Crippen LogP contribution >= 0.6 is 31.9 Å². The third-order valence-electron chi connectivity index (χ3n) is 3.06. The summed E-state index contributed by atoms with van der Waals surface area (Å²) in [6.07, 6.45) is 5.37. The van der Waals surface area contributed by atoms with Gasteiger partial charge in [0.1, 0.15) is 6.29 Å². The highest BCUT2D eigenvalue weighted by molar-refractivity contribution is 9.10. The van der Waals surface area contributed by atoms with Gasteiger partial charge in [0.15, 0.2) is 0 Å². The van der Waals surface area contributed by atoms with E-state index >= 15 is 0 Å². The van der Waals surface area contributed by atoms with E-state index in [-0.39, 0.29) is 5.41 Å². The van der Waals surface area contributed by atoms with Crippen molar-refractivity contribution in [2.75, 3.05) is 0 Å². The largest absolute Gasteiger partial charge is 0.303 e. The summed E-state index contributed by atoms with van der Waals surface area (Å²) in [5.41, 5.74) is 1.14. The number of benzene rings is 1. The second-order valence-corrected chi connectivity index (χ2v) is 7.40. The van der Waals surface area contributed by atoms with Gasteiger partial charge in [0, 0.05) is 14.7 Å². The average Bonchev–Trinajstić information content (AvgIpc) is 2.34. The third-order valence-corrected chi connectivity index (χ3v) is 4.54. The predicted molar refractivity (Wildman–Crippen MR) is 84.1 cm³/mol. The standard InChI is InChI=1S/C15H20Br2O/c1-15(2,11-18)9-4-3-8-14(17)12-6-5-7-13(16)10-12/h5-7,10-11,14H,3-4,8-9H2,1-2H3. The number of carbonyl (C=O) groups excluding carboxylic acids is 1. The van der Waals surface area contributed by atoms with E-state index in [9.17, 15) is 4.79 Å². The van der Waals surface area contributed by atoms with Crippen LogP contribution in [0, 0.1) is 5.41 Å². The molecule has 0 fully saturated rings. The number of carbonyl (C=O) groups is 1. The summed E-state index contributed by atoms with van der Waals surface area (Å²) in [4.78, 5) is 11.2. The molecule has 0 saturated carbocycles. The monoisotopic (exact) mass is 374 g/mol. The first-order chi connectivity index (χ1) is 8.44. The SMILES string of the molecule is CC(C)(C=O)CCCCC(Br)c1cccc(Br)c1. The number of unbranched alkanes of at least 4 members (excludes halogenated alkanes) is 1. The summed E-state index contributed by atoms with van der Waals surface area (Å²) in [6.45, 7) is 4.00. The summed E-state index contributed by atoms with van der Waals surface area (Å²) < 4.78 is 1.12. The van der Waals surface area contributed by atoms with E-state index in [0.717, 1.165) is 36.4 Å². The number of halogens is 2. The van der Waals surface area contributed by atoms with Crippen LogP contribution in [-0.2, 0) is 4.79 Å². The maximum atomic E-state index is 10.8. The molecular weight excluding hydrogens is 356 g/mol. The second kappa shape index (κ2) is 7.44. The topological polar surface area (TPSA) is 17.1 Å². The van der Waals surface area contributed by atoms with E-state index in [1.807, 2.05) is 19.9 Å². The van der Waals surface area contributed by atoms with Crippen molar-refractivity contribution in [2.24, 2.45) is 5.41 Å². The third kappa shape index (κ3) is 5.66. The van der Waals surface area contributed by atoms with E-state index in [0.29, 0.717) is 4.83 Å². The Morgan fingerprint density at radius 1 is 1.33 bits per heavy atom. The van der Waals surface area contributed by atoms with Gasteiger partial charge < -0.3 is 4.79 Å². The molecule has 0 aliphatic carbocycles. The molecule has 100 valence electrons. The zero-order valence-electron chi connectivity index (χ0n) is 11.0. The molecule has 1 aromatic carbocycles. The van der Waals surface area contributed by atoms with Crippen LogP contribution in [0.15, 0.2) is 28.7 Å². The van der Waals surface area contributed by atoms with Gasteiger partial charge in [0.25, 0.3) is 0 Å². The van der Waals surface area contributed by atoms with E-state index in [1.54, 1.807) is 0 Å². The predicted octanol–water partition coefficient (Wildman–Crippen LogP) is 5.67. The number of alkyl halides is 1. The van der Waals surface area contributed by atoms with Gasteiger partial charge in [-0.3, -0.25) is 0 Å². The lowest BCUT2D eigenvalue weighted by Gasteiger charge is -2.17. The summed E-state index contributed by atoms with van der Waals surface area (Å²) >= 11 is 7.22. The summed E-state index contributed by atoms with van der Waals surface area (Å²) in [6, 6.07) is 8.38. The van der Waals surface area contributed by atoms with Crippen molar-refractivity contribution >= 4 is 38.1 Å². The zero-order valence-corrected chi connectivity index (χ0v) is 14.1. The highest BCUT2D eigenvalue weighted by Crippen LogP contribution is 2.31. The molecule has 0 N–H and O–H groups in total. The van der Waals surface area contributed by atoms with Crippen molar-refractivity contribution in [1.29, 1.82) is 0 Å². The summed E-state index contributed by atoms with van der Waals surface area (Å²) in [5, 5.41) is 0. The smallest absolute Gasteiger partial charge is 0.125 e. The minimum Gasteiger partial charge on any atom is -0.303 e. The first-order valence-electron chi connectivity index (χ1n) is 6.30. The Labute approximate surface area is 127 Å². The lowest BCUT2D eigenvalue weighted by molar-refractivity contribution is -0.115. The van der Waals surface area contributed by atoms with Gasteiger partial charge in [-0.25, -0.2) is 0 Å². The fourth-order valence-corrected chi connectivity index (χ4v) is 2.86. The molecule has 1 rings (SSSR count). The van der Waals surface area contributed by atoms with Crippen LogP contribution in [0.5, 0.6) is 0 Å². The van der Waals surface area contributed by atoms with Crippen molar-refractivity contribution in [2.45, 2.75) is 44.4 Å². The molecule has 3 heteroatoms. The zero-order chi connectivity index (χ0) is 13.6. The van der Waals surface area contributed by atoms with Crippen LogP contribution in [0.2, 0.25) is 0 Å². The van der Waals surface area contributed by atoms with Crippen LogP contribution < -0.4 is 0 Å². The molecular formula is C15H20Br2O. The fourth-order valence-electron chi connectivity index (χ4n) is 1.83. The van der Waals surface area contributed by atoms with Crippen molar-refractivity contribution in [3.8, 4) is 0 Å². The average molecular weight is 376 g/mol. The van der Waals surface area contributed by atoms with Gasteiger partial charge in [0.05, 0.1) is 0 Å². The molecule has 18 heavy (non-hydrogen) atoms. The molecule has 0 saturated heterocycles. The Morgan fingerprint density at radius 3 is 2.67 bits per heavy atom. The Kier molecular flexibility index (Phi) is 6.58. The van der Waals surface area contributed by atoms with Crippen molar-refractivity contribution < 1.29 is 4.79 Å². The molecule has 0 radical (unpaired) electrons. The lowest BCUT2D eigenvalue weighted by Crippen LogP contribution is -2.12. The molecule has 0 aromatic heterocycles. The Hall–Kier alpha value is -0.150. The molecule has 1 atom stereocenters. The van der Waals surface area contributed by atoms with Crippen LogP contribution in [0.25, 0.3) is 0 Å². The highest BCUT2D eigenvalue weighted by atomic mass is 79.9. The first kappa shape index (κ1) is 15.9. The van der Waals surface area contributed by atoms with Gasteiger partial charge in [-0.05, 0) is 30.5 Å². The van der Waals surface area contributed by atoms with Gasteiger partial charge in [-0.15, -0.1) is 0 Å². The lowest BCUT2D eigenvalue weighted by atomic mass is 9.88. The number of rotatable bonds is 7. The highest BCUT2D eigenvalue weighted by Gasteiger charge is 2.16. The van der Waals surface area contributed by atoms with Gasteiger partial charge in [-0.1, -0.05) is 70.7 Å². The van der Waals surface area contributed by atoms with Gasteiger partial charge in [-0.2, -0.15) is 0 Å². The van der Waals surface area contributed by atoms with Crippen LogP contribution in [-0.4, -0.2) is 6.29 Å². The van der Waals surface area contributed by atoms with Crippen molar-refractivity contribution in [1.82, 2.24) is 0 Å². The van der Waals surface area contributed by atoms with Crippen LogP contribution in [0.4, 0.5) is 0 Å². The first-order valence-corrected chi connectivity index (χ1v) is 8.01. The van der Waals surface area contributed by atoms with E-state index in [4.69, 9.17) is 0 Å². The number of hydrogen-bond acceptors (Lipinski definition) is 1. The van der Waals surface area contributed by atoms with Gasteiger partial charge >= 0.3 is 0 Å². The quantitative estimate of drug-likeness (QED) is 0.341. The minimum absolute atomic E-state index is 0.169. The number of hydrogen-bond donors (Lipinski definition) is 0. The Balaban J connectivity index is 2.34. The van der Waals surface area contributed by atoms with Gasteiger partial charge in [0.2, 0.25) is 0 Å². The molecule has 1 aromatic rings. The molecule has 0 amide bonds. The molecule has 0 aliphatic rings. The fraction of sp³-hybridized carbons (Fsp3) is 0.533. The Bertz CT molecular complexity index is 388. The minimum atomic E-state index is -0.169. The maximum Gasteiger partial charge on any atom is 0.125 e.